The molecular weight excluding hydrogens is 218 g/mol. The summed E-state index contributed by atoms with van der Waals surface area (Å²) >= 11 is 0. The third-order valence-electron chi connectivity index (χ3n) is 3.12. The molecule has 0 radical (unpaired) electrons. The molecule has 1 heterocycles. The second-order valence-corrected chi connectivity index (χ2v) is 5.66. The van der Waals surface area contributed by atoms with Gasteiger partial charge in [-0.15, -0.1) is 0 Å². The van der Waals surface area contributed by atoms with E-state index < -0.39 is 5.60 Å². The van der Waals surface area contributed by atoms with E-state index in [2.05, 4.69) is 12.3 Å². The van der Waals surface area contributed by atoms with Gasteiger partial charge in [0.15, 0.2) is 0 Å². The lowest BCUT2D eigenvalue weighted by molar-refractivity contribution is 0.0129. The summed E-state index contributed by atoms with van der Waals surface area (Å²) in [7, 11) is 0. The van der Waals surface area contributed by atoms with Crippen molar-refractivity contribution in [3.05, 3.63) is 0 Å². The normalized spacial score (nSPS) is 25.8. The number of carbonyl (C=O) groups excluding carboxylic acids is 1. The molecule has 0 aromatic rings. The molecule has 2 unspecified atom stereocenters. The molecule has 2 atom stereocenters. The van der Waals surface area contributed by atoms with Crippen LogP contribution >= 0.6 is 0 Å². The number of ether oxygens (including phenoxy) is 1. The van der Waals surface area contributed by atoms with Crippen molar-refractivity contribution in [2.24, 2.45) is 11.8 Å². The molecule has 0 aromatic carbocycles. The molecule has 1 rings (SSSR count). The van der Waals surface area contributed by atoms with Gasteiger partial charge in [-0.3, -0.25) is 11.3 Å². The van der Waals surface area contributed by atoms with E-state index in [1.54, 1.807) is 4.90 Å². The standard InChI is InChI=1S/C12H25N3O2/c1-5-9-8-15(7-6-10(9)14-13)11(16)17-12(2,3)4/h9-10,14H,5-8,13H2,1-4H3. The zero-order valence-electron chi connectivity index (χ0n) is 11.3. The van der Waals surface area contributed by atoms with Crippen LogP contribution in [0.15, 0.2) is 0 Å². The van der Waals surface area contributed by atoms with Crippen LogP contribution in [0.4, 0.5) is 4.79 Å². The van der Waals surface area contributed by atoms with E-state index in [9.17, 15) is 4.79 Å². The van der Waals surface area contributed by atoms with Gasteiger partial charge in [-0.05, 0) is 33.1 Å². The number of hydrogen-bond acceptors (Lipinski definition) is 4. The Labute approximate surface area is 104 Å². The number of rotatable bonds is 2. The molecule has 1 amide bonds. The molecule has 3 N–H and O–H groups in total. The first-order valence-electron chi connectivity index (χ1n) is 6.31. The maximum atomic E-state index is 11.9. The fraction of sp³-hybridized carbons (Fsp3) is 0.917. The predicted molar refractivity (Wildman–Crippen MR) is 67.3 cm³/mol. The molecule has 5 nitrogen and oxygen atoms in total. The van der Waals surface area contributed by atoms with Crippen molar-refractivity contribution in [2.75, 3.05) is 13.1 Å². The minimum Gasteiger partial charge on any atom is -0.444 e. The van der Waals surface area contributed by atoms with Crippen molar-refractivity contribution >= 4 is 6.09 Å². The lowest BCUT2D eigenvalue weighted by Crippen LogP contribution is -2.53. The number of amides is 1. The van der Waals surface area contributed by atoms with Gasteiger partial charge in [0.1, 0.15) is 5.60 Å². The van der Waals surface area contributed by atoms with Crippen LogP contribution in [0.5, 0.6) is 0 Å². The predicted octanol–water partition coefficient (Wildman–Crippen LogP) is 1.49. The first-order chi connectivity index (χ1) is 7.87. The van der Waals surface area contributed by atoms with Gasteiger partial charge in [0.05, 0.1) is 0 Å². The first kappa shape index (κ1) is 14.3. The lowest BCUT2D eigenvalue weighted by atomic mass is 9.91. The summed E-state index contributed by atoms with van der Waals surface area (Å²) in [5.74, 6) is 5.91. The average Bonchev–Trinajstić information content (AvgIpc) is 2.25. The van der Waals surface area contributed by atoms with Crippen LogP contribution in [0.3, 0.4) is 0 Å². The van der Waals surface area contributed by atoms with Crippen molar-refractivity contribution in [2.45, 2.75) is 52.2 Å². The van der Waals surface area contributed by atoms with Gasteiger partial charge in [-0.25, -0.2) is 4.79 Å². The molecule has 0 saturated carbocycles. The Kier molecular flexibility index (Phi) is 4.77. The van der Waals surface area contributed by atoms with Crippen LogP contribution in [0.1, 0.15) is 40.5 Å². The SMILES string of the molecule is CCC1CN(C(=O)OC(C)(C)C)CCC1NN. The summed E-state index contributed by atoms with van der Waals surface area (Å²) in [6.07, 6.45) is 1.68. The van der Waals surface area contributed by atoms with Crippen LogP contribution in [0, 0.1) is 5.92 Å². The summed E-state index contributed by atoms with van der Waals surface area (Å²) in [6, 6.07) is 0.304. The molecular formula is C12H25N3O2. The highest BCUT2D eigenvalue weighted by atomic mass is 16.6. The van der Waals surface area contributed by atoms with Crippen molar-refractivity contribution in [3.8, 4) is 0 Å². The molecule has 0 bridgehead atoms. The van der Waals surface area contributed by atoms with Gasteiger partial charge in [-0.2, -0.15) is 0 Å². The van der Waals surface area contributed by atoms with Crippen molar-refractivity contribution in [1.29, 1.82) is 0 Å². The monoisotopic (exact) mass is 243 g/mol. The summed E-state index contributed by atoms with van der Waals surface area (Å²) in [5, 5.41) is 0. The van der Waals surface area contributed by atoms with Crippen LogP contribution in [-0.2, 0) is 4.74 Å². The van der Waals surface area contributed by atoms with E-state index in [0.717, 1.165) is 19.4 Å². The fourth-order valence-electron chi connectivity index (χ4n) is 2.16. The molecule has 5 heteroatoms. The van der Waals surface area contributed by atoms with Gasteiger partial charge in [-0.1, -0.05) is 13.3 Å². The van der Waals surface area contributed by atoms with Gasteiger partial charge in [0, 0.05) is 19.1 Å². The third-order valence-corrected chi connectivity index (χ3v) is 3.12. The molecule has 0 spiro atoms. The van der Waals surface area contributed by atoms with E-state index >= 15 is 0 Å². The molecule has 1 aliphatic heterocycles. The number of hydrazine groups is 1. The number of carbonyl (C=O) groups is 1. The Balaban J connectivity index is 2.54. The third kappa shape index (κ3) is 4.16. The Morgan fingerprint density at radius 2 is 2.18 bits per heavy atom. The molecule has 1 fully saturated rings. The highest BCUT2D eigenvalue weighted by Crippen LogP contribution is 2.21. The minimum atomic E-state index is -0.429. The van der Waals surface area contributed by atoms with Gasteiger partial charge >= 0.3 is 6.09 Å². The molecule has 100 valence electrons. The Morgan fingerprint density at radius 1 is 1.53 bits per heavy atom. The quantitative estimate of drug-likeness (QED) is 0.569. The molecule has 1 saturated heterocycles. The Hall–Kier alpha value is -0.810. The number of hydrogen-bond donors (Lipinski definition) is 2. The zero-order valence-corrected chi connectivity index (χ0v) is 11.3. The number of nitrogens with two attached hydrogens (primary N) is 1. The molecule has 1 aliphatic rings. The van der Waals surface area contributed by atoms with Gasteiger partial charge in [0.25, 0.3) is 0 Å². The van der Waals surface area contributed by atoms with E-state index in [4.69, 9.17) is 10.6 Å². The fourth-order valence-corrected chi connectivity index (χ4v) is 2.16. The van der Waals surface area contributed by atoms with E-state index in [0.29, 0.717) is 18.5 Å². The number of nitrogens with one attached hydrogen (secondary N) is 1. The molecule has 17 heavy (non-hydrogen) atoms. The number of nitrogens with zero attached hydrogens (tertiary/aromatic N) is 1. The summed E-state index contributed by atoms with van der Waals surface area (Å²) in [5.41, 5.74) is 2.41. The number of piperidine rings is 1. The van der Waals surface area contributed by atoms with Crippen LogP contribution in [0.2, 0.25) is 0 Å². The highest BCUT2D eigenvalue weighted by molar-refractivity contribution is 5.68. The topological polar surface area (TPSA) is 67.6 Å². The molecule has 0 aliphatic carbocycles. The maximum Gasteiger partial charge on any atom is 0.410 e. The van der Waals surface area contributed by atoms with Crippen molar-refractivity contribution in [1.82, 2.24) is 10.3 Å². The maximum absolute atomic E-state index is 11.9. The minimum absolute atomic E-state index is 0.216. The van der Waals surface area contributed by atoms with E-state index in [-0.39, 0.29) is 6.09 Å². The highest BCUT2D eigenvalue weighted by Gasteiger charge is 2.31. The van der Waals surface area contributed by atoms with E-state index in [1.165, 1.54) is 0 Å². The summed E-state index contributed by atoms with van der Waals surface area (Å²) in [4.78, 5) is 13.7. The van der Waals surface area contributed by atoms with Crippen molar-refractivity contribution in [3.63, 3.8) is 0 Å². The summed E-state index contributed by atoms with van der Waals surface area (Å²) < 4.78 is 5.37. The Bertz CT molecular complexity index is 263. The first-order valence-corrected chi connectivity index (χ1v) is 6.31. The second kappa shape index (κ2) is 5.69. The van der Waals surface area contributed by atoms with Gasteiger partial charge < -0.3 is 9.64 Å². The smallest absolute Gasteiger partial charge is 0.410 e. The van der Waals surface area contributed by atoms with Crippen LogP contribution in [-0.4, -0.2) is 35.7 Å². The largest absolute Gasteiger partial charge is 0.444 e. The molecule has 0 aromatic heterocycles. The van der Waals surface area contributed by atoms with E-state index in [1.807, 2.05) is 20.8 Å². The second-order valence-electron chi connectivity index (χ2n) is 5.66. The number of likely N-dealkylation sites (tertiary alicyclic amines) is 1. The van der Waals surface area contributed by atoms with Crippen LogP contribution in [0.25, 0.3) is 0 Å². The zero-order chi connectivity index (χ0) is 13.1. The summed E-state index contributed by atoms with van der Waals surface area (Å²) in [6.45, 7) is 9.21. The van der Waals surface area contributed by atoms with Crippen molar-refractivity contribution < 1.29 is 9.53 Å². The Morgan fingerprint density at radius 3 is 2.65 bits per heavy atom. The lowest BCUT2D eigenvalue weighted by Gasteiger charge is -2.38. The van der Waals surface area contributed by atoms with Crippen LogP contribution < -0.4 is 11.3 Å². The van der Waals surface area contributed by atoms with Gasteiger partial charge in [0.2, 0.25) is 0 Å². The average molecular weight is 243 g/mol.